The highest BCUT2D eigenvalue weighted by Crippen LogP contribution is 2.33. The van der Waals surface area contributed by atoms with Crippen molar-refractivity contribution in [3.63, 3.8) is 0 Å². The minimum absolute atomic E-state index is 0.125. The van der Waals surface area contributed by atoms with E-state index in [1.54, 1.807) is 21.6 Å². The van der Waals surface area contributed by atoms with Gasteiger partial charge in [0.25, 0.3) is 11.5 Å². The molecule has 2 aliphatic rings. The van der Waals surface area contributed by atoms with Gasteiger partial charge < -0.3 is 10.0 Å². The van der Waals surface area contributed by atoms with Crippen molar-refractivity contribution in [1.29, 1.82) is 0 Å². The Labute approximate surface area is 196 Å². The highest BCUT2D eigenvalue weighted by atomic mass is 32.2. The zero-order valence-electron chi connectivity index (χ0n) is 18.3. The quantitative estimate of drug-likeness (QED) is 0.502. The molecule has 2 aliphatic heterocycles. The lowest BCUT2D eigenvalue weighted by Gasteiger charge is -2.35. The Balaban J connectivity index is 1.79. The third-order valence-corrected chi connectivity index (χ3v) is 7.05. The number of carbonyl (C=O) groups is 1. The molecular weight excluding hydrogens is 446 g/mol. The number of pyridine rings is 1. The average molecular weight is 474 g/mol. The van der Waals surface area contributed by atoms with Gasteiger partial charge in [0.05, 0.1) is 17.1 Å². The number of rotatable bonds is 6. The molecule has 10 heteroatoms. The lowest BCUT2D eigenvalue weighted by atomic mass is 10.2. The SMILES string of the molecule is CCCN1C(=O)/C(=C\c2c(N3CCN(CCO)CC3)nc3ccc(C)cn3c2=O)SC1=S. The van der Waals surface area contributed by atoms with E-state index in [2.05, 4.69) is 9.80 Å². The molecule has 0 aromatic carbocycles. The molecule has 0 radical (unpaired) electrons. The van der Waals surface area contributed by atoms with E-state index in [-0.39, 0.29) is 18.1 Å². The van der Waals surface area contributed by atoms with Crippen molar-refractivity contribution in [3.8, 4) is 0 Å². The van der Waals surface area contributed by atoms with Crippen molar-refractivity contribution < 1.29 is 9.90 Å². The summed E-state index contributed by atoms with van der Waals surface area (Å²) >= 11 is 6.63. The predicted octanol–water partition coefficient (Wildman–Crippen LogP) is 1.73. The number of carbonyl (C=O) groups excluding carboxylic acids is 1. The van der Waals surface area contributed by atoms with Crippen molar-refractivity contribution >= 4 is 51.7 Å². The van der Waals surface area contributed by atoms with Crippen LogP contribution in [-0.4, -0.2) is 80.4 Å². The van der Waals surface area contributed by atoms with Crippen LogP contribution in [0.5, 0.6) is 0 Å². The number of β-amino-alcohol motifs (C(OH)–C–C–N with tert-alkyl or cyclic N) is 1. The van der Waals surface area contributed by atoms with Gasteiger partial charge in [-0.25, -0.2) is 4.98 Å². The van der Waals surface area contributed by atoms with Gasteiger partial charge in [-0.05, 0) is 31.1 Å². The third kappa shape index (κ3) is 4.45. The van der Waals surface area contributed by atoms with Crippen LogP contribution in [0.4, 0.5) is 5.82 Å². The standard InChI is InChI=1S/C22H27N5O3S2/c1-3-6-26-21(30)17(32-22(26)31)13-16-19(25-9-7-24(8-10-25)11-12-28)23-18-5-4-15(2)14-27(18)20(16)29/h4-5,13-14,28H,3,6-12H2,1-2H3/b17-13+. The van der Waals surface area contributed by atoms with Crippen molar-refractivity contribution in [2.75, 3.05) is 50.8 Å². The fourth-order valence-corrected chi connectivity index (χ4v) is 5.28. The minimum atomic E-state index is -0.202. The van der Waals surface area contributed by atoms with E-state index in [0.29, 0.717) is 52.4 Å². The largest absolute Gasteiger partial charge is 0.395 e. The molecule has 0 bridgehead atoms. The Bertz CT molecular complexity index is 1140. The zero-order valence-corrected chi connectivity index (χ0v) is 19.9. The number of thioether (sulfide) groups is 1. The summed E-state index contributed by atoms with van der Waals surface area (Å²) in [5, 5.41) is 9.22. The number of hydrogen-bond acceptors (Lipinski definition) is 8. The lowest BCUT2D eigenvalue weighted by Crippen LogP contribution is -2.48. The van der Waals surface area contributed by atoms with E-state index >= 15 is 0 Å². The van der Waals surface area contributed by atoms with Gasteiger partial charge in [-0.3, -0.25) is 23.8 Å². The van der Waals surface area contributed by atoms with Crippen LogP contribution in [0.1, 0.15) is 24.5 Å². The number of aromatic nitrogens is 2. The maximum Gasteiger partial charge on any atom is 0.267 e. The first-order valence-electron chi connectivity index (χ1n) is 10.8. The normalized spacial score (nSPS) is 19.0. The summed E-state index contributed by atoms with van der Waals surface area (Å²) in [6.07, 6.45) is 4.24. The number of anilines is 1. The van der Waals surface area contributed by atoms with Crippen LogP contribution in [-0.2, 0) is 4.79 Å². The second-order valence-corrected chi connectivity index (χ2v) is 9.65. The highest BCUT2D eigenvalue weighted by Gasteiger charge is 2.32. The Hall–Kier alpha value is -2.27. The fourth-order valence-electron chi connectivity index (χ4n) is 3.99. The number of hydrogen-bond donors (Lipinski definition) is 1. The number of nitrogens with zero attached hydrogens (tertiary/aromatic N) is 5. The molecule has 0 aliphatic carbocycles. The number of piperazine rings is 1. The summed E-state index contributed by atoms with van der Waals surface area (Å²) in [6, 6.07) is 3.77. The fraction of sp³-hybridized carbons (Fsp3) is 0.455. The summed E-state index contributed by atoms with van der Waals surface area (Å²) in [5.74, 6) is 0.428. The number of thiocarbonyl (C=S) groups is 1. The van der Waals surface area contributed by atoms with E-state index < -0.39 is 0 Å². The van der Waals surface area contributed by atoms with Crippen LogP contribution >= 0.6 is 24.0 Å². The first-order valence-corrected chi connectivity index (χ1v) is 12.0. The summed E-state index contributed by atoms with van der Waals surface area (Å²) in [5.41, 5.74) is 1.73. The molecule has 2 aromatic rings. The van der Waals surface area contributed by atoms with Gasteiger partial charge in [0.1, 0.15) is 15.8 Å². The molecule has 2 fully saturated rings. The maximum absolute atomic E-state index is 13.5. The molecule has 32 heavy (non-hydrogen) atoms. The van der Waals surface area contributed by atoms with E-state index in [1.807, 2.05) is 26.0 Å². The Morgan fingerprint density at radius 1 is 1.19 bits per heavy atom. The van der Waals surface area contributed by atoms with Crippen LogP contribution in [0.3, 0.4) is 0 Å². The Morgan fingerprint density at radius 3 is 2.62 bits per heavy atom. The monoisotopic (exact) mass is 473 g/mol. The summed E-state index contributed by atoms with van der Waals surface area (Å²) < 4.78 is 2.06. The number of aliphatic hydroxyl groups is 1. The van der Waals surface area contributed by atoms with Crippen molar-refractivity contribution in [2.24, 2.45) is 0 Å². The smallest absolute Gasteiger partial charge is 0.267 e. The molecule has 4 heterocycles. The molecule has 0 unspecified atom stereocenters. The highest BCUT2D eigenvalue weighted by molar-refractivity contribution is 8.26. The molecule has 2 aromatic heterocycles. The number of aliphatic hydroxyl groups excluding tert-OH is 1. The number of aryl methyl sites for hydroxylation is 1. The van der Waals surface area contributed by atoms with Gasteiger partial charge in [0.2, 0.25) is 0 Å². The zero-order chi connectivity index (χ0) is 22.8. The van der Waals surface area contributed by atoms with Crippen molar-refractivity contribution in [3.05, 3.63) is 44.7 Å². The van der Waals surface area contributed by atoms with Crippen LogP contribution in [0, 0.1) is 6.92 Å². The number of amides is 1. The molecule has 170 valence electrons. The molecule has 0 saturated carbocycles. The molecule has 0 atom stereocenters. The molecule has 2 saturated heterocycles. The first kappa shape index (κ1) is 22.9. The van der Waals surface area contributed by atoms with Crippen LogP contribution in [0.25, 0.3) is 11.7 Å². The van der Waals surface area contributed by atoms with Gasteiger partial charge >= 0.3 is 0 Å². The van der Waals surface area contributed by atoms with Crippen LogP contribution in [0.15, 0.2) is 28.0 Å². The first-order chi connectivity index (χ1) is 15.4. The maximum atomic E-state index is 13.5. The van der Waals surface area contributed by atoms with Crippen LogP contribution < -0.4 is 10.5 Å². The summed E-state index contributed by atoms with van der Waals surface area (Å²) in [6.45, 7) is 8.16. The summed E-state index contributed by atoms with van der Waals surface area (Å²) in [4.78, 5) is 37.6. The van der Waals surface area contributed by atoms with E-state index in [4.69, 9.17) is 17.2 Å². The third-order valence-electron chi connectivity index (χ3n) is 5.67. The molecule has 0 spiro atoms. The molecule has 8 nitrogen and oxygen atoms in total. The predicted molar refractivity (Wildman–Crippen MR) is 132 cm³/mol. The number of fused-ring (bicyclic) bond motifs is 1. The topological polar surface area (TPSA) is 81.4 Å². The summed E-state index contributed by atoms with van der Waals surface area (Å²) in [7, 11) is 0. The van der Waals surface area contributed by atoms with Gasteiger partial charge in [0, 0.05) is 45.5 Å². The Kier molecular flexibility index (Phi) is 6.94. The average Bonchev–Trinajstić information content (AvgIpc) is 3.04. The van der Waals surface area contributed by atoms with Crippen molar-refractivity contribution in [1.82, 2.24) is 19.2 Å². The van der Waals surface area contributed by atoms with Crippen LogP contribution in [0.2, 0.25) is 0 Å². The van der Waals surface area contributed by atoms with Gasteiger partial charge in [-0.15, -0.1) is 0 Å². The molecule has 1 amide bonds. The second-order valence-electron chi connectivity index (χ2n) is 7.97. The van der Waals surface area contributed by atoms with E-state index in [0.717, 1.165) is 25.1 Å². The van der Waals surface area contributed by atoms with E-state index in [1.165, 1.54) is 11.8 Å². The molecule has 1 N–H and O–H groups in total. The van der Waals surface area contributed by atoms with Gasteiger partial charge in [-0.1, -0.05) is 37.0 Å². The lowest BCUT2D eigenvalue weighted by molar-refractivity contribution is -0.122. The van der Waals surface area contributed by atoms with Crippen molar-refractivity contribution in [2.45, 2.75) is 20.3 Å². The minimum Gasteiger partial charge on any atom is -0.395 e. The second kappa shape index (κ2) is 9.70. The molecular formula is C22H27N5O3S2. The Morgan fingerprint density at radius 2 is 1.94 bits per heavy atom. The molecule has 4 rings (SSSR count). The van der Waals surface area contributed by atoms with Gasteiger partial charge in [-0.2, -0.15) is 0 Å². The van der Waals surface area contributed by atoms with Gasteiger partial charge in [0.15, 0.2) is 0 Å². The van der Waals surface area contributed by atoms with E-state index in [9.17, 15) is 14.7 Å².